The maximum Gasteiger partial charge on any atom is 0.416 e. The lowest BCUT2D eigenvalue weighted by Gasteiger charge is -2.08. The molecule has 0 aliphatic rings. The minimum Gasteiger partial charge on any atom is -0.464 e. The van der Waals surface area contributed by atoms with Crippen LogP contribution < -0.4 is 5.32 Å². The number of amides is 1. The van der Waals surface area contributed by atoms with E-state index in [1.54, 1.807) is 0 Å². The first-order chi connectivity index (χ1) is 11.3. The van der Waals surface area contributed by atoms with Crippen LogP contribution in [0.4, 0.5) is 18.9 Å². The molecule has 24 heavy (non-hydrogen) atoms. The van der Waals surface area contributed by atoms with E-state index < -0.39 is 11.7 Å². The summed E-state index contributed by atoms with van der Waals surface area (Å²) in [6.07, 6.45) is -2.79. The van der Waals surface area contributed by atoms with Gasteiger partial charge in [0.1, 0.15) is 5.58 Å². The van der Waals surface area contributed by atoms with E-state index in [9.17, 15) is 18.0 Å². The van der Waals surface area contributed by atoms with Crippen molar-refractivity contribution in [3.05, 3.63) is 65.4 Å². The summed E-state index contributed by atoms with van der Waals surface area (Å²) in [6.45, 7) is 1.94. The predicted molar refractivity (Wildman–Crippen MR) is 84.7 cm³/mol. The van der Waals surface area contributed by atoms with Crippen LogP contribution in [-0.4, -0.2) is 5.91 Å². The van der Waals surface area contributed by atoms with Gasteiger partial charge in [0, 0.05) is 16.6 Å². The number of hydrogen-bond donors (Lipinski definition) is 1. The fourth-order valence-corrected chi connectivity index (χ4v) is 2.45. The van der Waals surface area contributed by atoms with Gasteiger partial charge in [0.05, 0.1) is 18.2 Å². The zero-order chi connectivity index (χ0) is 17.3. The third kappa shape index (κ3) is 3.42. The first kappa shape index (κ1) is 16.1. The normalized spacial score (nSPS) is 11.7. The summed E-state index contributed by atoms with van der Waals surface area (Å²) in [6, 6.07) is 10.0. The number of anilines is 1. The number of carbonyl (C=O) groups excluding carboxylic acids is 1. The largest absolute Gasteiger partial charge is 0.464 e. The van der Waals surface area contributed by atoms with Crippen LogP contribution >= 0.6 is 0 Å². The van der Waals surface area contributed by atoms with Crippen molar-refractivity contribution in [2.24, 2.45) is 0 Å². The van der Waals surface area contributed by atoms with Gasteiger partial charge in [-0.1, -0.05) is 12.1 Å². The molecule has 1 heterocycles. The maximum atomic E-state index is 12.5. The summed E-state index contributed by atoms with van der Waals surface area (Å²) in [7, 11) is 0. The van der Waals surface area contributed by atoms with Crippen LogP contribution in [0.1, 0.15) is 16.7 Å². The SMILES string of the molecule is Cc1ccc2c(CC(=O)Nc3ccc(C(F)(F)F)cc3)coc2c1. The zero-order valence-electron chi connectivity index (χ0n) is 12.8. The molecular weight excluding hydrogens is 319 g/mol. The van der Waals surface area contributed by atoms with Gasteiger partial charge < -0.3 is 9.73 Å². The van der Waals surface area contributed by atoms with Crippen molar-refractivity contribution in [1.29, 1.82) is 0 Å². The van der Waals surface area contributed by atoms with E-state index in [-0.39, 0.29) is 12.3 Å². The smallest absolute Gasteiger partial charge is 0.416 e. The van der Waals surface area contributed by atoms with E-state index in [1.165, 1.54) is 18.4 Å². The summed E-state index contributed by atoms with van der Waals surface area (Å²) in [5.74, 6) is -0.321. The van der Waals surface area contributed by atoms with Crippen LogP contribution in [0, 0.1) is 6.92 Å². The third-order valence-corrected chi connectivity index (χ3v) is 3.66. The number of nitrogens with one attached hydrogen (secondary N) is 1. The number of alkyl halides is 3. The van der Waals surface area contributed by atoms with Crippen LogP contribution in [0.15, 0.2) is 53.1 Å². The predicted octanol–water partition coefficient (Wildman–Crippen LogP) is 4.94. The Kier molecular flexibility index (Phi) is 4.05. The number of aryl methyl sites for hydroxylation is 1. The van der Waals surface area contributed by atoms with Crippen LogP contribution in [-0.2, 0) is 17.4 Å². The molecule has 1 amide bonds. The van der Waals surface area contributed by atoms with Gasteiger partial charge in [0.25, 0.3) is 0 Å². The van der Waals surface area contributed by atoms with E-state index in [0.29, 0.717) is 11.3 Å². The van der Waals surface area contributed by atoms with Crippen molar-refractivity contribution in [2.45, 2.75) is 19.5 Å². The van der Waals surface area contributed by atoms with Gasteiger partial charge in [-0.3, -0.25) is 4.79 Å². The first-order valence-corrected chi connectivity index (χ1v) is 7.27. The lowest BCUT2D eigenvalue weighted by atomic mass is 10.1. The molecule has 0 aliphatic heterocycles. The molecule has 2 aromatic carbocycles. The van der Waals surface area contributed by atoms with Gasteiger partial charge in [-0.2, -0.15) is 13.2 Å². The highest BCUT2D eigenvalue weighted by Gasteiger charge is 2.29. The Morgan fingerprint density at radius 1 is 1.12 bits per heavy atom. The topological polar surface area (TPSA) is 42.2 Å². The van der Waals surface area contributed by atoms with E-state index in [2.05, 4.69) is 5.32 Å². The maximum absolute atomic E-state index is 12.5. The first-order valence-electron chi connectivity index (χ1n) is 7.27. The number of furan rings is 1. The van der Waals surface area contributed by atoms with Gasteiger partial charge in [-0.15, -0.1) is 0 Å². The molecule has 1 aromatic heterocycles. The Morgan fingerprint density at radius 2 is 1.83 bits per heavy atom. The molecule has 0 radical (unpaired) electrons. The molecule has 0 atom stereocenters. The molecule has 3 nitrogen and oxygen atoms in total. The molecule has 3 aromatic rings. The third-order valence-electron chi connectivity index (χ3n) is 3.66. The van der Waals surface area contributed by atoms with Crippen molar-refractivity contribution in [2.75, 3.05) is 5.32 Å². The van der Waals surface area contributed by atoms with E-state index in [0.717, 1.165) is 28.6 Å². The van der Waals surface area contributed by atoms with Crippen molar-refractivity contribution < 1.29 is 22.4 Å². The number of fused-ring (bicyclic) bond motifs is 1. The fraction of sp³-hybridized carbons (Fsp3) is 0.167. The second kappa shape index (κ2) is 6.03. The number of carbonyl (C=O) groups is 1. The van der Waals surface area contributed by atoms with Gasteiger partial charge in [-0.25, -0.2) is 0 Å². The minimum atomic E-state index is -4.39. The Morgan fingerprint density at radius 3 is 2.50 bits per heavy atom. The van der Waals surface area contributed by atoms with E-state index in [1.807, 2.05) is 25.1 Å². The molecule has 0 bridgehead atoms. The molecule has 1 N–H and O–H groups in total. The zero-order valence-corrected chi connectivity index (χ0v) is 12.8. The molecule has 0 saturated carbocycles. The van der Waals surface area contributed by atoms with Gasteiger partial charge in [0.2, 0.25) is 5.91 Å². The minimum absolute atomic E-state index is 0.0804. The number of halogens is 3. The quantitative estimate of drug-likeness (QED) is 0.737. The van der Waals surface area contributed by atoms with Crippen molar-refractivity contribution in [1.82, 2.24) is 0 Å². The lowest BCUT2D eigenvalue weighted by molar-refractivity contribution is -0.137. The fourth-order valence-electron chi connectivity index (χ4n) is 2.45. The van der Waals surface area contributed by atoms with Crippen molar-refractivity contribution >= 4 is 22.6 Å². The molecule has 0 unspecified atom stereocenters. The summed E-state index contributed by atoms with van der Waals surface area (Å²) in [5.41, 5.74) is 2.05. The van der Waals surface area contributed by atoms with Crippen LogP contribution in [0.2, 0.25) is 0 Å². The number of rotatable bonds is 3. The molecule has 0 saturated heterocycles. The average Bonchev–Trinajstić information content (AvgIpc) is 2.89. The Balaban J connectivity index is 1.71. The molecule has 6 heteroatoms. The Bertz CT molecular complexity index is 879. The molecule has 124 valence electrons. The highest BCUT2D eigenvalue weighted by Crippen LogP contribution is 2.30. The van der Waals surface area contributed by atoms with Crippen LogP contribution in [0.5, 0.6) is 0 Å². The molecule has 0 aliphatic carbocycles. The highest BCUT2D eigenvalue weighted by atomic mass is 19.4. The van der Waals surface area contributed by atoms with E-state index in [4.69, 9.17) is 4.42 Å². The van der Waals surface area contributed by atoms with Crippen LogP contribution in [0.3, 0.4) is 0 Å². The number of hydrogen-bond acceptors (Lipinski definition) is 2. The highest BCUT2D eigenvalue weighted by molar-refractivity contribution is 5.95. The standard InChI is InChI=1S/C18H14F3NO2/c1-11-2-7-15-12(10-24-16(15)8-11)9-17(23)22-14-5-3-13(4-6-14)18(19,20)21/h2-8,10H,9H2,1H3,(H,22,23). The molecular formula is C18H14F3NO2. The van der Waals surface area contributed by atoms with Crippen LogP contribution in [0.25, 0.3) is 11.0 Å². The summed E-state index contributed by atoms with van der Waals surface area (Å²) < 4.78 is 43.0. The monoisotopic (exact) mass is 333 g/mol. The van der Waals surface area contributed by atoms with Gasteiger partial charge in [0.15, 0.2) is 0 Å². The van der Waals surface area contributed by atoms with E-state index >= 15 is 0 Å². The molecule has 0 fully saturated rings. The van der Waals surface area contributed by atoms with Gasteiger partial charge >= 0.3 is 6.18 Å². The average molecular weight is 333 g/mol. The lowest BCUT2D eigenvalue weighted by Crippen LogP contribution is -2.14. The summed E-state index contributed by atoms with van der Waals surface area (Å²) >= 11 is 0. The molecule has 0 spiro atoms. The Hall–Kier alpha value is -2.76. The summed E-state index contributed by atoms with van der Waals surface area (Å²) in [5, 5.41) is 3.44. The second-order valence-corrected chi connectivity index (χ2v) is 5.56. The Labute approximate surface area is 136 Å². The number of benzene rings is 2. The van der Waals surface area contributed by atoms with Gasteiger partial charge in [-0.05, 0) is 42.8 Å². The second-order valence-electron chi connectivity index (χ2n) is 5.56. The van der Waals surface area contributed by atoms with Crippen molar-refractivity contribution in [3.63, 3.8) is 0 Å². The molecule has 3 rings (SSSR count). The van der Waals surface area contributed by atoms with Crippen molar-refractivity contribution in [3.8, 4) is 0 Å². The summed E-state index contributed by atoms with van der Waals surface area (Å²) in [4.78, 5) is 12.1.